The smallest absolute Gasteiger partial charge is 0.249 e. The number of carbonyl (C=O) groups is 1. The largest absolute Gasteiger partial charge is 0.347 e. The highest BCUT2D eigenvalue weighted by Crippen LogP contribution is 2.52. The fraction of sp³-hybridized carbons (Fsp3) is 0.400. The Morgan fingerprint density at radius 1 is 1.28 bits per heavy atom. The van der Waals surface area contributed by atoms with E-state index in [1.54, 1.807) is 34.2 Å². The summed E-state index contributed by atoms with van der Waals surface area (Å²) < 4.78 is 1.70. The number of anilines is 2. The van der Waals surface area contributed by atoms with Gasteiger partial charge in [0.15, 0.2) is 5.82 Å². The van der Waals surface area contributed by atoms with Gasteiger partial charge in [0.2, 0.25) is 11.9 Å². The number of amides is 1. The highest BCUT2D eigenvalue weighted by molar-refractivity contribution is 6.04. The van der Waals surface area contributed by atoms with E-state index in [1.807, 2.05) is 25.1 Å². The molecule has 0 unspecified atom stereocenters. The van der Waals surface area contributed by atoms with E-state index in [-0.39, 0.29) is 11.8 Å². The maximum Gasteiger partial charge on any atom is 0.249 e. The van der Waals surface area contributed by atoms with Crippen molar-refractivity contribution >= 4 is 23.2 Å². The molecule has 1 saturated heterocycles. The minimum Gasteiger partial charge on any atom is -0.347 e. The van der Waals surface area contributed by atoms with Crippen molar-refractivity contribution in [2.75, 3.05) is 30.4 Å². The minimum atomic E-state index is -0.912. The molecule has 2 fully saturated rings. The number of aromatic nitrogens is 5. The second kappa shape index (κ2) is 6.24. The molecule has 9 heteroatoms. The Bertz CT molecular complexity index is 1140. The first-order valence-corrected chi connectivity index (χ1v) is 9.61. The first kappa shape index (κ1) is 17.6. The average molecular weight is 388 g/mol. The summed E-state index contributed by atoms with van der Waals surface area (Å²) in [4.78, 5) is 30.2. The molecule has 3 aromatic rings. The summed E-state index contributed by atoms with van der Waals surface area (Å²) in [6.45, 7) is 0.482. The van der Waals surface area contributed by atoms with E-state index in [9.17, 15) is 10.1 Å². The topological polar surface area (TPSA) is 103 Å². The van der Waals surface area contributed by atoms with Gasteiger partial charge in [0, 0.05) is 38.6 Å². The summed E-state index contributed by atoms with van der Waals surface area (Å²) >= 11 is 0. The molecule has 4 heterocycles. The van der Waals surface area contributed by atoms with E-state index >= 15 is 0 Å². The summed E-state index contributed by atoms with van der Waals surface area (Å²) in [5.41, 5.74) is 1.17. The number of rotatable bonds is 4. The van der Waals surface area contributed by atoms with Crippen LogP contribution in [0.3, 0.4) is 0 Å². The van der Waals surface area contributed by atoms with Gasteiger partial charge in [-0.3, -0.25) is 9.69 Å². The van der Waals surface area contributed by atoms with Crippen LogP contribution < -0.4 is 9.80 Å². The fourth-order valence-corrected chi connectivity index (χ4v) is 4.02. The summed E-state index contributed by atoms with van der Waals surface area (Å²) in [5.74, 6) is 1.15. The molecule has 0 bridgehead atoms. The Balaban J connectivity index is 1.59. The maximum absolute atomic E-state index is 13.3. The van der Waals surface area contributed by atoms with Crippen LogP contribution in [0, 0.1) is 22.7 Å². The van der Waals surface area contributed by atoms with Crippen LogP contribution in [-0.2, 0) is 4.79 Å². The quantitative estimate of drug-likeness (QED) is 0.672. The van der Waals surface area contributed by atoms with Gasteiger partial charge in [-0.15, -0.1) is 0 Å². The van der Waals surface area contributed by atoms with Crippen LogP contribution in [0.25, 0.3) is 16.8 Å². The van der Waals surface area contributed by atoms with Crippen molar-refractivity contribution in [3.8, 4) is 17.3 Å². The van der Waals surface area contributed by atoms with E-state index in [1.165, 1.54) is 0 Å². The van der Waals surface area contributed by atoms with Crippen LogP contribution in [-0.4, -0.2) is 51.1 Å². The first-order chi connectivity index (χ1) is 14.0. The van der Waals surface area contributed by atoms with Crippen LogP contribution >= 0.6 is 0 Å². The van der Waals surface area contributed by atoms with Crippen molar-refractivity contribution in [2.24, 2.45) is 11.3 Å². The van der Waals surface area contributed by atoms with Crippen molar-refractivity contribution in [3.63, 3.8) is 0 Å². The van der Waals surface area contributed by atoms with Crippen molar-refractivity contribution in [3.05, 3.63) is 30.9 Å². The van der Waals surface area contributed by atoms with Gasteiger partial charge in [0.25, 0.3) is 0 Å². The summed E-state index contributed by atoms with van der Waals surface area (Å²) in [5, 5.41) is 14.1. The summed E-state index contributed by atoms with van der Waals surface area (Å²) in [6.07, 6.45) is 9.32. The van der Waals surface area contributed by atoms with Crippen LogP contribution in [0.2, 0.25) is 0 Å². The van der Waals surface area contributed by atoms with Crippen LogP contribution in [0.15, 0.2) is 30.9 Å². The molecule has 1 aliphatic heterocycles. The zero-order chi connectivity index (χ0) is 20.2. The van der Waals surface area contributed by atoms with Gasteiger partial charge in [-0.2, -0.15) is 10.4 Å². The van der Waals surface area contributed by atoms with Gasteiger partial charge < -0.3 is 4.90 Å². The molecule has 146 valence electrons. The summed E-state index contributed by atoms with van der Waals surface area (Å²) in [6, 6.07) is 4.16. The van der Waals surface area contributed by atoms with Crippen LogP contribution in [0.5, 0.6) is 0 Å². The van der Waals surface area contributed by atoms with E-state index < -0.39 is 5.41 Å². The predicted octanol–water partition coefficient (Wildman–Crippen LogP) is 1.91. The Morgan fingerprint density at radius 3 is 2.69 bits per heavy atom. The molecule has 1 aliphatic carbocycles. The monoisotopic (exact) mass is 388 g/mol. The lowest BCUT2D eigenvalue weighted by atomic mass is 9.83. The molecule has 1 atom stereocenters. The van der Waals surface area contributed by atoms with Gasteiger partial charge in [-0.05, 0) is 31.2 Å². The molecular formula is C20H20N8O. The Morgan fingerprint density at radius 2 is 2.03 bits per heavy atom. The van der Waals surface area contributed by atoms with Crippen molar-refractivity contribution < 1.29 is 4.79 Å². The molecule has 1 saturated carbocycles. The van der Waals surface area contributed by atoms with Gasteiger partial charge in [0.1, 0.15) is 10.9 Å². The fourth-order valence-electron chi connectivity index (χ4n) is 4.02. The highest BCUT2D eigenvalue weighted by Gasteiger charge is 2.57. The van der Waals surface area contributed by atoms with E-state index in [0.717, 1.165) is 23.9 Å². The number of nitriles is 1. The molecule has 9 nitrogen and oxygen atoms in total. The van der Waals surface area contributed by atoms with E-state index in [0.29, 0.717) is 30.4 Å². The number of hydrogen-bond donors (Lipinski definition) is 0. The molecular weight excluding hydrogens is 368 g/mol. The molecule has 0 aromatic carbocycles. The first-order valence-electron chi connectivity index (χ1n) is 9.61. The third kappa shape index (κ3) is 2.63. The van der Waals surface area contributed by atoms with E-state index in [4.69, 9.17) is 4.98 Å². The molecule has 0 N–H and O–H groups in total. The molecule has 29 heavy (non-hydrogen) atoms. The second-order valence-corrected chi connectivity index (χ2v) is 7.84. The summed E-state index contributed by atoms with van der Waals surface area (Å²) in [7, 11) is 3.75. The van der Waals surface area contributed by atoms with E-state index in [2.05, 4.69) is 21.1 Å². The van der Waals surface area contributed by atoms with Crippen molar-refractivity contribution in [2.45, 2.75) is 19.3 Å². The number of carbonyl (C=O) groups excluding carboxylic acids is 1. The Kier molecular flexibility index (Phi) is 3.77. The lowest BCUT2D eigenvalue weighted by Gasteiger charge is -2.21. The zero-order valence-corrected chi connectivity index (χ0v) is 16.3. The van der Waals surface area contributed by atoms with Gasteiger partial charge >= 0.3 is 0 Å². The molecule has 1 amide bonds. The average Bonchev–Trinajstić information content (AvgIpc) is 3.38. The highest BCUT2D eigenvalue weighted by atomic mass is 16.2. The third-order valence-corrected chi connectivity index (χ3v) is 5.79. The number of fused-ring (bicyclic) bond motifs is 1. The Labute approximate surface area is 167 Å². The predicted molar refractivity (Wildman–Crippen MR) is 106 cm³/mol. The van der Waals surface area contributed by atoms with Crippen molar-refractivity contribution in [1.82, 2.24) is 24.6 Å². The molecule has 2 aliphatic rings. The van der Waals surface area contributed by atoms with Crippen LogP contribution in [0.4, 0.5) is 11.8 Å². The van der Waals surface area contributed by atoms with Gasteiger partial charge in [-0.25, -0.2) is 19.5 Å². The lowest BCUT2D eigenvalue weighted by Crippen LogP contribution is -2.36. The zero-order valence-electron chi connectivity index (χ0n) is 16.3. The standard InChI is InChI=1S/C20H20N8O/c1-26(2)19-22-9-13(10-23-19)15-11-28-16(5-7-24-28)17(25-15)27-8-6-20(12-21,18(27)29)14-3-4-14/h5,7,9-11,14H,3-4,6,8H2,1-2H3/t20-/m1/s1. The minimum absolute atomic E-state index is 0.144. The number of nitrogens with zero attached hydrogens (tertiary/aromatic N) is 8. The SMILES string of the molecule is CN(C)c1ncc(-c2cn3nccc3c(N3CC[C@@](C#N)(C4CC4)C3=O)n2)cn1. The van der Waals surface area contributed by atoms with Crippen molar-refractivity contribution in [1.29, 1.82) is 5.26 Å². The molecule has 3 aromatic heterocycles. The third-order valence-electron chi connectivity index (χ3n) is 5.79. The number of hydrogen-bond acceptors (Lipinski definition) is 7. The maximum atomic E-state index is 13.3. The second-order valence-electron chi connectivity index (χ2n) is 7.84. The Hall–Kier alpha value is -3.54. The van der Waals surface area contributed by atoms with Gasteiger partial charge in [0.05, 0.1) is 24.2 Å². The molecule has 0 radical (unpaired) electrons. The van der Waals surface area contributed by atoms with Gasteiger partial charge in [-0.1, -0.05) is 0 Å². The molecule has 0 spiro atoms. The lowest BCUT2D eigenvalue weighted by molar-refractivity contribution is -0.123. The normalized spacial score (nSPS) is 21.6. The van der Waals surface area contributed by atoms with Crippen LogP contribution in [0.1, 0.15) is 19.3 Å². The molecule has 5 rings (SSSR count).